The zero-order valence-corrected chi connectivity index (χ0v) is 68.5. The molecule has 0 saturated carbocycles. The van der Waals surface area contributed by atoms with Gasteiger partial charge in [-0.15, -0.1) is 0 Å². The van der Waals surface area contributed by atoms with Gasteiger partial charge in [0.1, 0.15) is 31.2 Å². The van der Waals surface area contributed by atoms with Crippen molar-refractivity contribution in [3.8, 4) is 11.5 Å². The molecule has 2 aliphatic heterocycles. The number of rotatable bonds is 37. The fraction of sp³-hybridized carbons (Fsp3) is 0.667. The van der Waals surface area contributed by atoms with Crippen molar-refractivity contribution in [2.45, 2.75) is 237 Å². The lowest BCUT2D eigenvalue weighted by Crippen LogP contribution is -2.50. The summed E-state index contributed by atoms with van der Waals surface area (Å²) in [6, 6.07) is 11.8. The fourth-order valence-corrected chi connectivity index (χ4v) is 16.0. The highest BCUT2D eigenvalue weighted by atomic mass is 28.4. The fourth-order valence-electron chi connectivity index (χ4n) is 13.0. The van der Waals surface area contributed by atoms with E-state index in [4.69, 9.17) is 47.7 Å². The summed E-state index contributed by atoms with van der Waals surface area (Å²) in [6.45, 7) is 53.5. The van der Waals surface area contributed by atoms with Crippen LogP contribution in [-0.4, -0.2) is 131 Å². The predicted molar refractivity (Wildman–Crippen MR) is 414 cm³/mol. The second-order valence-electron chi connectivity index (χ2n) is 31.7. The van der Waals surface area contributed by atoms with Crippen LogP contribution in [0.4, 0.5) is 16.2 Å². The Morgan fingerprint density at radius 2 is 0.929 bits per heavy atom. The van der Waals surface area contributed by atoms with Crippen LogP contribution in [-0.2, 0) is 42.1 Å². The largest absolute Gasteiger partial charge is 0.482 e. The van der Waals surface area contributed by atoms with Gasteiger partial charge in [0, 0.05) is 75.7 Å². The lowest BCUT2D eigenvalue weighted by atomic mass is 9.81. The zero-order valence-electron chi connectivity index (χ0n) is 66.5. The Kier molecular flexibility index (Phi) is 36.1. The summed E-state index contributed by atoms with van der Waals surface area (Å²) in [5, 5.41) is 11.5. The molecule has 0 aromatic heterocycles. The second kappa shape index (κ2) is 40.6. The molecule has 560 valence electrons. The number of hydrogen-bond donors (Lipinski definition) is 2. The molecule has 2 aromatic rings. The molecule has 3 N–H and O–H groups in total. The Balaban J connectivity index is 0.000000516. The maximum absolute atomic E-state index is 12.2. The van der Waals surface area contributed by atoms with Crippen LogP contribution in [0.1, 0.15) is 175 Å². The molecule has 0 bridgehead atoms. The summed E-state index contributed by atoms with van der Waals surface area (Å²) in [5.74, 6) is 1.90. The minimum absolute atomic E-state index is 0.00759. The molecule has 0 spiro atoms. The molecule has 0 fully saturated rings. The van der Waals surface area contributed by atoms with Gasteiger partial charge >= 0.3 is 6.09 Å². The summed E-state index contributed by atoms with van der Waals surface area (Å²) in [6.07, 6.45) is 23.0. The number of likely N-dealkylation sites (N-methyl/N-ethyl adjacent to an activating group) is 2. The van der Waals surface area contributed by atoms with E-state index in [0.717, 1.165) is 53.9 Å². The number of allylic oxidation sites excluding steroid dienone is 4. The minimum Gasteiger partial charge on any atom is -0.482 e. The normalized spacial score (nSPS) is 19.5. The lowest BCUT2D eigenvalue weighted by Gasteiger charge is -2.44. The van der Waals surface area contributed by atoms with E-state index in [9.17, 15) is 19.5 Å². The van der Waals surface area contributed by atoms with Crippen molar-refractivity contribution in [3.63, 3.8) is 0 Å². The highest BCUT2D eigenvalue weighted by Crippen LogP contribution is 2.44. The smallest absolute Gasteiger partial charge is 0.404 e. The van der Waals surface area contributed by atoms with Gasteiger partial charge < -0.3 is 62.7 Å². The number of aliphatic hydroxyl groups excluding tert-OH is 1. The summed E-state index contributed by atoms with van der Waals surface area (Å²) < 4.78 is 54.5. The third kappa shape index (κ3) is 26.9. The Hall–Kier alpha value is -5.16. The number of fused-ring (bicyclic) bond motifs is 2. The molecule has 2 aromatic carbocycles. The Labute approximate surface area is 602 Å². The minimum atomic E-state index is -2.20. The molecule has 0 saturated heterocycles. The van der Waals surface area contributed by atoms with Crippen LogP contribution in [0.2, 0.25) is 36.3 Å². The highest BCUT2D eigenvalue weighted by molar-refractivity contribution is 6.74. The first-order valence-corrected chi connectivity index (χ1v) is 42.2. The van der Waals surface area contributed by atoms with Crippen LogP contribution in [0.5, 0.6) is 11.5 Å². The number of amides is 3. The van der Waals surface area contributed by atoms with Crippen molar-refractivity contribution in [2.24, 2.45) is 64.9 Å². The maximum Gasteiger partial charge on any atom is 0.404 e. The first kappa shape index (κ1) is 88.1. The van der Waals surface area contributed by atoms with E-state index in [-0.39, 0.29) is 132 Å². The van der Waals surface area contributed by atoms with E-state index in [1.807, 2.05) is 36.4 Å². The number of primary amides is 1. The molecule has 2 heterocycles. The molecule has 99 heavy (non-hydrogen) atoms. The van der Waals surface area contributed by atoms with Gasteiger partial charge in [-0.1, -0.05) is 209 Å². The first-order valence-electron chi connectivity index (χ1n) is 36.4. The summed E-state index contributed by atoms with van der Waals surface area (Å²) in [7, 11) is 2.53. The molecule has 18 heteroatoms. The molecule has 2 aliphatic rings. The van der Waals surface area contributed by atoms with Crippen LogP contribution in [0.25, 0.3) is 12.2 Å². The third-order valence-electron chi connectivity index (χ3n) is 20.9. The van der Waals surface area contributed by atoms with Crippen molar-refractivity contribution in [2.75, 3.05) is 64.9 Å². The molecule has 16 nitrogen and oxygen atoms in total. The number of nitrogens with zero attached hydrogens (tertiary/aromatic N) is 2. The van der Waals surface area contributed by atoms with Gasteiger partial charge in [0.05, 0.1) is 41.9 Å². The van der Waals surface area contributed by atoms with Gasteiger partial charge in [0.2, 0.25) is 0 Å². The Morgan fingerprint density at radius 1 is 0.566 bits per heavy atom. The van der Waals surface area contributed by atoms with Crippen LogP contribution in [0.3, 0.4) is 0 Å². The maximum atomic E-state index is 12.2. The monoisotopic (exact) mass is 1410 g/mol. The van der Waals surface area contributed by atoms with Crippen LogP contribution in [0.15, 0.2) is 96.2 Å². The Bertz CT molecular complexity index is 3020. The molecule has 3 amide bonds. The van der Waals surface area contributed by atoms with Crippen molar-refractivity contribution >= 4 is 58.1 Å². The highest BCUT2D eigenvalue weighted by Gasteiger charge is 2.45. The number of aliphatic hydroxyl groups is 1. The van der Waals surface area contributed by atoms with Gasteiger partial charge in [-0.05, 0) is 123 Å². The van der Waals surface area contributed by atoms with Crippen molar-refractivity contribution in [3.05, 3.63) is 107 Å². The van der Waals surface area contributed by atoms with Crippen LogP contribution >= 0.6 is 0 Å². The molecule has 0 aliphatic carbocycles. The van der Waals surface area contributed by atoms with Crippen LogP contribution in [0, 0.1) is 59.2 Å². The third-order valence-corrected chi connectivity index (χ3v) is 29.8. The summed E-state index contributed by atoms with van der Waals surface area (Å²) >= 11 is 0. The molecule has 4 unspecified atom stereocenters. The van der Waals surface area contributed by atoms with E-state index < -0.39 is 34.9 Å². The average Bonchev–Trinajstić information content (AvgIpc) is 0.825. The number of ether oxygens (including phenoxy) is 7. The number of carbonyl (C=O) groups excluding carboxylic acids is 3. The van der Waals surface area contributed by atoms with Crippen molar-refractivity contribution in [1.29, 1.82) is 0 Å². The van der Waals surface area contributed by atoms with E-state index >= 15 is 0 Å². The van der Waals surface area contributed by atoms with Gasteiger partial charge in [-0.25, -0.2) is 4.79 Å². The predicted octanol–water partition coefficient (Wildman–Crippen LogP) is 18.7. The van der Waals surface area contributed by atoms with Gasteiger partial charge in [0.25, 0.3) is 11.8 Å². The molecule has 4 rings (SSSR count). The van der Waals surface area contributed by atoms with E-state index in [1.165, 1.54) is 11.1 Å². The lowest BCUT2D eigenvalue weighted by molar-refractivity contribution is -0.121. The molecule has 0 radical (unpaired) electrons. The average molecular weight is 1420 g/mol. The van der Waals surface area contributed by atoms with E-state index in [2.05, 4.69) is 225 Å². The SMILES string of the molecule is CC/C=C\C(C)[C@H](O)[C@@H](C)[C@H](O[Si](C)(C)C(C)(C)C)[C@@H](C)C/C(C)=C\[C@H](C)[C@@H](OCOC)C(C)/C=C\c1ccc2c(c1)N(C)C(=O)CO2.CC/C=C\C(C)[C@H](OC(N)=O)[C@@H](C)[C@H](O[Si](C)(C)C(C)(C)C)[C@@H](C)C/C(C)=C\[C@H](C)[C@@H](OCOC)C(C)/C=C\c1ccc2c(c1)N(C)C(=O)CO2. The topological polar surface area (TPSA) is 187 Å². The number of benzene rings is 2. The number of methoxy groups -OCH3 is 2. The van der Waals surface area contributed by atoms with Gasteiger partial charge in [0.15, 0.2) is 29.8 Å². The van der Waals surface area contributed by atoms with E-state index in [1.54, 1.807) is 38.1 Å². The van der Waals surface area contributed by atoms with Gasteiger partial charge in [-0.2, -0.15) is 0 Å². The summed E-state index contributed by atoms with van der Waals surface area (Å²) in [5.41, 5.74) is 11.6. The standard InChI is InChI=1S/C41H68N2O7Si.C40H67NO6Si/c1-15-16-17-28(3)38(49-40(42)45)32(7)39(50-51(13,14)41(8,9)10)31(6)23-27(2)22-30(5)37(48-26-46-12)29(4)18-19-33-20-21-35-34(24-33)43(11)36(44)25-47-35;1-15-16-17-28(3)37(43)32(7)39(47-48(13,14)40(8,9)10)31(6)23-27(2)22-30(5)38(46-26-44-12)29(4)18-19-33-20-21-35-34(24-33)41(11)36(42)25-45-35/h16-22,24,28-32,37-39H,15,23,25-26H2,1-14H3,(H2,42,45);16-22,24,28-32,37-39,43H,15,23,25-26H2,1-14H3/b2*17-16-,19-18-,27-22-/t2*28?,29?,30-,31-,32+,37-,38-,39+/m00/s1. The Morgan fingerprint density at radius 3 is 1.28 bits per heavy atom. The second-order valence-corrected chi connectivity index (χ2v) is 41.3. The number of hydrogen-bond acceptors (Lipinski definition) is 13. The first-order chi connectivity index (χ1) is 46.1. The van der Waals surface area contributed by atoms with Crippen molar-refractivity contribution < 1.29 is 61.5 Å². The number of anilines is 2. The summed E-state index contributed by atoms with van der Waals surface area (Å²) in [4.78, 5) is 39.7. The molecule has 16 atom stereocenters. The zero-order chi connectivity index (χ0) is 75.1. The van der Waals surface area contributed by atoms with Crippen LogP contribution < -0.4 is 25.0 Å². The molecular weight excluding hydrogens is 1280 g/mol. The van der Waals surface area contributed by atoms with E-state index in [0.29, 0.717) is 5.75 Å². The number of carbonyl (C=O) groups is 3. The quantitative estimate of drug-likeness (QED) is 0.0370. The van der Waals surface area contributed by atoms with Gasteiger partial charge in [-0.3, -0.25) is 9.59 Å². The van der Waals surface area contributed by atoms with Crippen molar-refractivity contribution in [1.82, 2.24) is 0 Å². The number of nitrogens with two attached hydrogens (primary N) is 1. The molecular formula is C81H135N3O13Si2.